The highest BCUT2D eigenvalue weighted by molar-refractivity contribution is 7.98. The molecule has 8 heteroatoms. The van der Waals surface area contributed by atoms with Gasteiger partial charge in [-0.3, -0.25) is 24.5 Å². The van der Waals surface area contributed by atoms with E-state index in [9.17, 15) is 19.2 Å². The van der Waals surface area contributed by atoms with Crippen LogP contribution in [0.1, 0.15) is 43.2 Å². The summed E-state index contributed by atoms with van der Waals surface area (Å²) >= 11 is 1.72. The quantitative estimate of drug-likeness (QED) is 0.506. The minimum atomic E-state index is -0.700. The van der Waals surface area contributed by atoms with Gasteiger partial charge in [0.05, 0.1) is 0 Å². The van der Waals surface area contributed by atoms with Gasteiger partial charge in [-0.1, -0.05) is 29.8 Å². The van der Waals surface area contributed by atoms with Crippen LogP contribution < -0.4 is 10.6 Å². The molecule has 0 spiro atoms. The molecule has 2 aliphatic heterocycles. The number of hydrogen-bond acceptors (Lipinski definition) is 5. The molecule has 1 unspecified atom stereocenters. The maximum atomic E-state index is 12.9. The molecule has 1 aliphatic carbocycles. The topological polar surface area (TPSA) is 95.6 Å². The summed E-state index contributed by atoms with van der Waals surface area (Å²) in [4.78, 5) is 50.6. The van der Waals surface area contributed by atoms with E-state index in [2.05, 4.69) is 41.8 Å². The first-order chi connectivity index (χ1) is 14.4. The highest BCUT2D eigenvalue weighted by atomic mass is 32.2. The summed E-state index contributed by atoms with van der Waals surface area (Å²) in [6.45, 7) is 2.06. The smallest absolute Gasteiger partial charge is 0.249 e. The lowest BCUT2D eigenvalue weighted by molar-refractivity contribution is -0.141. The van der Waals surface area contributed by atoms with Gasteiger partial charge in [-0.25, -0.2) is 0 Å². The van der Waals surface area contributed by atoms with Crippen LogP contribution >= 0.6 is 11.8 Å². The minimum Gasteiger partial charge on any atom is -0.342 e. The summed E-state index contributed by atoms with van der Waals surface area (Å²) in [6, 6.07) is 7.35. The minimum absolute atomic E-state index is 0.0137. The number of carbonyl (C=O) groups is 4. The van der Waals surface area contributed by atoms with E-state index in [1.807, 2.05) is 0 Å². The number of amides is 4. The molecule has 7 nitrogen and oxygen atoms in total. The summed E-state index contributed by atoms with van der Waals surface area (Å²) in [6.07, 6.45) is 2.55. The summed E-state index contributed by atoms with van der Waals surface area (Å²) in [7, 11) is 0. The highest BCUT2D eigenvalue weighted by Crippen LogP contribution is 2.48. The van der Waals surface area contributed by atoms with Crippen LogP contribution in [0, 0.1) is 12.8 Å². The van der Waals surface area contributed by atoms with E-state index < -0.39 is 18.0 Å². The lowest BCUT2D eigenvalue weighted by Crippen LogP contribution is -2.56. The number of carbonyl (C=O) groups excluding carboxylic acids is 4. The van der Waals surface area contributed by atoms with Crippen molar-refractivity contribution < 1.29 is 19.2 Å². The Labute approximate surface area is 180 Å². The number of hydrogen-bond donors (Lipinski definition) is 2. The molecular weight excluding hydrogens is 402 g/mol. The fraction of sp³-hybridized carbons (Fsp3) is 0.545. The Morgan fingerprint density at radius 1 is 1.20 bits per heavy atom. The average Bonchev–Trinajstić information content (AvgIpc) is 3.38. The Morgan fingerprint density at radius 2 is 1.97 bits per heavy atom. The van der Waals surface area contributed by atoms with Crippen LogP contribution in [-0.4, -0.2) is 52.4 Å². The van der Waals surface area contributed by atoms with Crippen molar-refractivity contribution in [2.24, 2.45) is 5.92 Å². The summed E-state index contributed by atoms with van der Waals surface area (Å²) in [5.41, 5.74) is 2.47. The molecule has 2 saturated heterocycles. The van der Waals surface area contributed by atoms with Gasteiger partial charge in [-0.15, -0.1) is 0 Å². The molecule has 30 heavy (non-hydrogen) atoms. The van der Waals surface area contributed by atoms with Gasteiger partial charge in [0.25, 0.3) is 0 Å². The highest BCUT2D eigenvalue weighted by Gasteiger charge is 2.56. The first-order valence-corrected chi connectivity index (χ1v) is 11.7. The predicted octanol–water partition coefficient (Wildman–Crippen LogP) is 1.53. The van der Waals surface area contributed by atoms with Crippen molar-refractivity contribution >= 4 is 35.4 Å². The number of benzene rings is 1. The van der Waals surface area contributed by atoms with Gasteiger partial charge in [-0.05, 0) is 37.7 Å². The van der Waals surface area contributed by atoms with Crippen molar-refractivity contribution in [1.82, 2.24) is 15.5 Å². The third kappa shape index (κ3) is 4.69. The molecule has 4 rings (SSSR count). The Morgan fingerprint density at radius 3 is 2.70 bits per heavy atom. The molecule has 4 atom stereocenters. The van der Waals surface area contributed by atoms with Crippen LogP contribution in [0.25, 0.3) is 0 Å². The average molecular weight is 430 g/mol. The lowest BCUT2D eigenvalue weighted by Gasteiger charge is -2.29. The van der Waals surface area contributed by atoms with Gasteiger partial charge in [0, 0.05) is 30.4 Å². The van der Waals surface area contributed by atoms with E-state index >= 15 is 0 Å². The van der Waals surface area contributed by atoms with Crippen molar-refractivity contribution in [2.45, 2.75) is 62.9 Å². The van der Waals surface area contributed by atoms with Gasteiger partial charge >= 0.3 is 0 Å². The number of imide groups is 1. The Bertz CT molecular complexity index is 856. The van der Waals surface area contributed by atoms with Crippen LogP contribution in [-0.2, 0) is 24.9 Å². The standard InChI is InChI=1S/C22H27N3O4S/c1-13-2-4-14(5-3-13)12-30-9-8-20(27)25-17-10-15(17)11-18(25)22(29)23-16-6-7-19(26)24-21(16)28/h2-5,15-18H,6-12H2,1H3,(H,23,29)(H,24,26,28)/t15-,16?,17-,18-/m1/s1. The molecule has 0 bridgehead atoms. The third-order valence-corrected chi connectivity index (χ3v) is 7.13. The summed E-state index contributed by atoms with van der Waals surface area (Å²) in [5.74, 6) is 0.922. The molecule has 1 saturated carbocycles. The van der Waals surface area contributed by atoms with Gasteiger partial charge in [0.15, 0.2) is 0 Å². The predicted molar refractivity (Wildman–Crippen MR) is 113 cm³/mol. The van der Waals surface area contributed by atoms with E-state index in [0.717, 1.165) is 12.2 Å². The van der Waals surface area contributed by atoms with Crippen LogP contribution in [0.5, 0.6) is 0 Å². The fourth-order valence-corrected chi connectivity index (χ4v) is 5.20. The molecule has 0 radical (unpaired) electrons. The molecule has 2 N–H and O–H groups in total. The molecule has 1 aromatic carbocycles. The maximum absolute atomic E-state index is 12.9. The van der Waals surface area contributed by atoms with Crippen LogP contribution in [0.2, 0.25) is 0 Å². The van der Waals surface area contributed by atoms with E-state index in [0.29, 0.717) is 30.9 Å². The Kier molecular flexibility index (Phi) is 6.13. The number of nitrogens with zero attached hydrogens (tertiary/aromatic N) is 1. The maximum Gasteiger partial charge on any atom is 0.249 e. The van der Waals surface area contributed by atoms with Crippen LogP contribution in [0.3, 0.4) is 0 Å². The zero-order valence-corrected chi connectivity index (χ0v) is 17.9. The SMILES string of the molecule is Cc1ccc(CSCCC(=O)N2[C@@H](C(=O)NC3CCC(=O)NC3=O)C[C@H]3C[C@H]32)cc1. The largest absolute Gasteiger partial charge is 0.342 e. The van der Waals surface area contributed by atoms with Gasteiger partial charge in [0.2, 0.25) is 23.6 Å². The normalized spacial score (nSPS) is 27.4. The Hall–Kier alpha value is -2.35. The number of thioether (sulfide) groups is 1. The zero-order valence-electron chi connectivity index (χ0n) is 17.1. The fourth-order valence-electron chi connectivity index (χ4n) is 4.31. The number of piperidine rings is 2. The number of rotatable bonds is 7. The zero-order chi connectivity index (χ0) is 21.3. The number of nitrogens with one attached hydrogen (secondary N) is 2. The van der Waals surface area contributed by atoms with Gasteiger partial charge < -0.3 is 10.2 Å². The third-order valence-electron chi connectivity index (χ3n) is 6.10. The molecule has 4 amide bonds. The number of aryl methyl sites for hydroxylation is 1. The number of fused-ring (bicyclic) bond motifs is 1. The summed E-state index contributed by atoms with van der Waals surface area (Å²) in [5, 5.41) is 5.00. The van der Waals surface area contributed by atoms with Crippen molar-refractivity contribution in [2.75, 3.05) is 5.75 Å². The lowest BCUT2D eigenvalue weighted by atomic mass is 10.0. The summed E-state index contributed by atoms with van der Waals surface area (Å²) < 4.78 is 0. The van der Waals surface area contributed by atoms with Gasteiger partial charge in [-0.2, -0.15) is 11.8 Å². The van der Waals surface area contributed by atoms with Crippen molar-refractivity contribution in [1.29, 1.82) is 0 Å². The first-order valence-electron chi connectivity index (χ1n) is 10.5. The molecule has 1 aromatic rings. The van der Waals surface area contributed by atoms with Crippen molar-refractivity contribution in [3.05, 3.63) is 35.4 Å². The number of likely N-dealkylation sites (tertiary alicyclic amines) is 1. The van der Waals surface area contributed by atoms with Crippen LogP contribution in [0.15, 0.2) is 24.3 Å². The van der Waals surface area contributed by atoms with Gasteiger partial charge in [0.1, 0.15) is 12.1 Å². The van der Waals surface area contributed by atoms with Crippen molar-refractivity contribution in [3.63, 3.8) is 0 Å². The molecule has 3 aliphatic rings. The van der Waals surface area contributed by atoms with E-state index in [4.69, 9.17) is 0 Å². The monoisotopic (exact) mass is 429 g/mol. The molecule has 160 valence electrons. The Balaban J connectivity index is 1.27. The molecule has 3 fully saturated rings. The molecule has 2 heterocycles. The first kappa shape index (κ1) is 20.9. The van der Waals surface area contributed by atoms with E-state index in [1.165, 1.54) is 11.1 Å². The van der Waals surface area contributed by atoms with E-state index in [1.54, 1.807) is 16.7 Å². The van der Waals surface area contributed by atoms with E-state index in [-0.39, 0.29) is 30.2 Å². The van der Waals surface area contributed by atoms with Crippen molar-refractivity contribution in [3.8, 4) is 0 Å². The second-order valence-corrected chi connectivity index (χ2v) is 9.52. The second-order valence-electron chi connectivity index (χ2n) is 8.42. The second kappa shape index (κ2) is 8.79. The van der Waals surface area contributed by atoms with Crippen LogP contribution in [0.4, 0.5) is 0 Å². The molecular formula is C22H27N3O4S. The molecule has 0 aromatic heterocycles.